The Bertz CT molecular complexity index is 1080. The molecule has 4 rings (SSSR count). The van der Waals surface area contributed by atoms with E-state index in [9.17, 15) is 9.18 Å². The molecule has 1 fully saturated rings. The van der Waals surface area contributed by atoms with Gasteiger partial charge in [-0.2, -0.15) is 0 Å². The van der Waals surface area contributed by atoms with E-state index >= 15 is 0 Å². The van der Waals surface area contributed by atoms with E-state index in [1.54, 1.807) is 11.8 Å². The molecule has 2 atom stereocenters. The number of carbonyl (C=O) groups is 1. The second-order valence-corrected chi connectivity index (χ2v) is 8.48. The minimum absolute atomic E-state index is 0.0969. The van der Waals surface area contributed by atoms with Crippen LogP contribution in [0.5, 0.6) is 0 Å². The minimum atomic E-state index is -0.771. The Morgan fingerprint density at radius 2 is 2.06 bits per heavy atom. The molecular weight excluding hydrogens is 446 g/mol. The molecule has 1 aromatic carbocycles. The fourth-order valence-electron chi connectivity index (χ4n) is 3.64. The van der Waals surface area contributed by atoms with Crippen molar-refractivity contribution in [3.63, 3.8) is 0 Å². The molecule has 0 bridgehead atoms. The van der Waals surface area contributed by atoms with Crippen molar-refractivity contribution < 1.29 is 23.4 Å². The van der Waals surface area contributed by atoms with Gasteiger partial charge in [-0.3, -0.25) is 4.79 Å². The zero-order chi connectivity index (χ0) is 22.3. The summed E-state index contributed by atoms with van der Waals surface area (Å²) in [6.07, 6.45) is 2.48. The van der Waals surface area contributed by atoms with Crippen LogP contribution >= 0.6 is 23.2 Å². The number of halogens is 3. The number of hydrogen-bond acceptors (Lipinski definition) is 6. The van der Waals surface area contributed by atoms with E-state index in [1.165, 1.54) is 12.3 Å². The summed E-state index contributed by atoms with van der Waals surface area (Å²) in [6.45, 7) is 5.85. The molecule has 0 radical (unpaired) electrons. The Hall–Kier alpha value is -2.37. The van der Waals surface area contributed by atoms with Crippen molar-refractivity contribution in [3.8, 4) is 11.8 Å². The number of rotatable bonds is 4. The SMILES string of the molecule is CC1=CC(=O)C2=C(OCC3COC(C)(C)O3)N=CC#CC2N1c1c(Cl)cc(F)cc1Cl. The average Bonchev–Trinajstić information content (AvgIpc) is 2.88. The van der Waals surface area contributed by atoms with Crippen LogP contribution in [0.15, 0.2) is 40.4 Å². The second-order valence-electron chi connectivity index (χ2n) is 7.67. The lowest BCUT2D eigenvalue weighted by atomic mass is 9.95. The van der Waals surface area contributed by atoms with Crippen LogP contribution in [-0.4, -0.2) is 43.1 Å². The predicted octanol–water partition coefficient (Wildman–Crippen LogP) is 4.26. The molecule has 162 valence electrons. The average molecular weight is 465 g/mol. The molecular formula is C22H19Cl2FN2O4. The van der Waals surface area contributed by atoms with Crippen LogP contribution in [0.4, 0.5) is 10.1 Å². The Labute approximate surface area is 189 Å². The van der Waals surface area contributed by atoms with E-state index in [0.29, 0.717) is 18.0 Å². The number of allylic oxidation sites excluding steroid dienone is 2. The van der Waals surface area contributed by atoms with E-state index < -0.39 is 17.6 Å². The lowest BCUT2D eigenvalue weighted by molar-refractivity contribution is -0.143. The summed E-state index contributed by atoms with van der Waals surface area (Å²) in [5.74, 6) is 4.36. The van der Waals surface area contributed by atoms with E-state index in [4.69, 9.17) is 37.4 Å². The molecule has 0 saturated carbocycles. The van der Waals surface area contributed by atoms with Gasteiger partial charge in [-0.15, -0.1) is 0 Å². The van der Waals surface area contributed by atoms with Crippen LogP contribution in [0.2, 0.25) is 10.0 Å². The normalized spacial score (nSPS) is 24.4. The third kappa shape index (κ3) is 4.35. The number of ketones is 1. The van der Waals surface area contributed by atoms with Gasteiger partial charge in [0.05, 0.1) is 34.1 Å². The van der Waals surface area contributed by atoms with Crippen LogP contribution in [0.25, 0.3) is 0 Å². The maximum Gasteiger partial charge on any atom is 0.224 e. The number of anilines is 1. The summed E-state index contributed by atoms with van der Waals surface area (Å²) < 4.78 is 30.9. The molecule has 31 heavy (non-hydrogen) atoms. The highest BCUT2D eigenvalue weighted by Gasteiger charge is 2.38. The standard InChI is InChI=1S/C22H19Cl2FN2O4/c1-12-7-18(28)19-17(27(12)20-15(23)8-13(25)9-16(20)24)5-4-6-26-21(19)29-10-14-11-30-22(2,3)31-14/h6-9,14,17H,10-11H2,1-3H3. The molecule has 9 heteroatoms. The number of aliphatic imine (C=N–C) groups is 1. The number of ether oxygens (including phenoxy) is 3. The molecule has 0 N–H and O–H groups in total. The zero-order valence-electron chi connectivity index (χ0n) is 17.0. The van der Waals surface area contributed by atoms with Gasteiger partial charge < -0.3 is 19.1 Å². The highest BCUT2D eigenvalue weighted by Crippen LogP contribution is 2.41. The summed E-state index contributed by atoms with van der Waals surface area (Å²) in [6, 6.07) is 1.55. The summed E-state index contributed by atoms with van der Waals surface area (Å²) >= 11 is 12.6. The maximum absolute atomic E-state index is 13.7. The molecule has 0 aromatic heterocycles. The first kappa shape index (κ1) is 21.8. The number of benzene rings is 1. The Morgan fingerprint density at radius 3 is 2.71 bits per heavy atom. The van der Waals surface area contributed by atoms with Gasteiger partial charge in [0, 0.05) is 11.8 Å². The van der Waals surface area contributed by atoms with Crippen molar-refractivity contribution in [2.75, 3.05) is 18.1 Å². The van der Waals surface area contributed by atoms with E-state index in [0.717, 1.165) is 12.1 Å². The molecule has 3 aliphatic rings. The summed E-state index contributed by atoms with van der Waals surface area (Å²) in [5.41, 5.74) is 1.14. The van der Waals surface area contributed by atoms with Gasteiger partial charge in [0.1, 0.15) is 24.6 Å². The Morgan fingerprint density at radius 1 is 1.35 bits per heavy atom. The van der Waals surface area contributed by atoms with Gasteiger partial charge in [0.15, 0.2) is 11.6 Å². The zero-order valence-corrected chi connectivity index (χ0v) is 18.6. The summed E-state index contributed by atoms with van der Waals surface area (Å²) in [4.78, 5) is 18.8. The number of nitrogens with zero attached hydrogens (tertiary/aromatic N) is 2. The lowest BCUT2D eigenvalue weighted by Gasteiger charge is -2.36. The van der Waals surface area contributed by atoms with Crippen LogP contribution in [-0.2, 0) is 19.0 Å². The lowest BCUT2D eigenvalue weighted by Crippen LogP contribution is -2.41. The highest BCUT2D eigenvalue weighted by atomic mass is 35.5. The van der Waals surface area contributed by atoms with Gasteiger partial charge in [0.2, 0.25) is 5.88 Å². The predicted molar refractivity (Wildman–Crippen MR) is 116 cm³/mol. The van der Waals surface area contributed by atoms with Gasteiger partial charge >= 0.3 is 0 Å². The molecule has 2 unspecified atom stereocenters. The second kappa shape index (κ2) is 8.29. The third-order valence-corrected chi connectivity index (χ3v) is 5.49. The van der Waals surface area contributed by atoms with Crippen LogP contribution < -0.4 is 4.90 Å². The molecule has 6 nitrogen and oxygen atoms in total. The van der Waals surface area contributed by atoms with Crippen molar-refractivity contribution in [3.05, 3.63) is 51.2 Å². The fraction of sp³-hybridized carbons (Fsp3) is 0.364. The summed E-state index contributed by atoms with van der Waals surface area (Å²) in [5, 5.41) is 0.194. The molecule has 0 aliphatic carbocycles. The molecule has 1 aromatic rings. The minimum Gasteiger partial charge on any atom is -0.474 e. The van der Waals surface area contributed by atoms with Crippen molar-refractivity contribution in [1.29, 1.82) is 0 Å². The number of carbonyl (C=O) groups excluding carboxylic acids is 1. The van der Waals surface area contributed by atoms with Crippen molar-refractivity contribution in [1.82, 2.24) is 0 Å². The first-order valence-corrected chi connectivity index (χ1v) is 10.3. The fourth-order valence-corrected chi connectivity index (χ4v) is 4.29. The number of hydrogen-bond donors (Lipinski definition) is 0. The van der Waals surface area contributed by atoms with E-state index in [1.807, 2.05) is 13.8 Å². The van der Waals surface area contributed by atoms with Crippen molar-refractivity contribution >= 4 is 40.9 Å². The highest BCUT2D eigenvalue weighted by molar-refractivity contribution is 6.39. The Kier molecular flexibility index (Phi) is 5.84. The van der Waals surface area contributed by atoms with Gasteiger partial charge in [0.25, 0.3) is 0 Å². The van der Waals surface area contributed by atoms with Crippen LogP contribution in [0, 0.1) is 17.7 Å². The van der Waals surface area contributed by atoms with Gasteiger partial charge in [-0.25, -0.2) is 9.38 Å². The maximum atomic E-state index is 13.7. The van der Waals surface area contributed by atoms with Crippen LogP contribution in [0.1, 0.15) is 20.8 Å². The number of fused-ring (bicyclic) bond motifs is 1. The molecule has 0 amide bonds. The first-order chi connectivity index (χ1) is 14.7. The van der Waals surface area contributed by atoms with Crippen molar-refractivity contribution in [2.45, 2.75) is 38.7 Å². The molecule has 3 aliphatic heterocycles. The molecule has 1 saturated heterocycles. The largest absolute Gasteiger partial charge is 0.474 e. The van der Waals surface area contributed by atoms with E-state index in [-0.39, 0.29) is 40.0 Å². The molecule has 0 spiro atoms. The topological polar surface area (TPSA) is 60.4 Å². The summed E-state index contributed by atoms with van der Waals surface area (Å²) in [7, 11) is 0. The van der Waals surface area contributed by atoms with Gasteiger partial charge in [-0.1, -0.05) is 35.0 Å². The monoisotopic (exact) mass is 464 g/mol. The van der Waals surface area contributed by atoms with E-state index in [2.05, 4.69) is 16.8 Å². The van der Waals surface area contributed by atoms with Crippen molar-refractivity contribution in [2.24, 2.45) is 4.99 Å². The Balaban J connectivity index is 1.72. The van der Waals surface area contributed by atoms with Crippen LogP contribution in [0.3, 0.4) is 0 Å². The van der Waals surface area contributed by atoms with Gasteiger partial charge in [-0.05, 0) is 32.9 Å². The first-order valence-electron chi connectivity index (χ1n) is 9.55. The quantitative estimate of drug-likeness (QED) is 0.622. The third-order valence-electron chi connectivity index (χ3n) is 4.91. The smallest absolute Gasteiger partial charge is 0.224 e. The molecule has 3 heterocycles.